The number of hydrogen-bond donors (Lipinski definition) is 3. The Balaban J connectivity index is 1.33. The van der Waals surface area contributed by atoms with Crippen LogP contribution in [-0.2, 0) is 13.5 Å². The number of thiophene rings is 1. The molecule has 6 rings (SSSR count). The second-order valence-corrected chi connectivity index (χ2v) is 14.3. The van der Waals surface area contributed by atoms with E-state index < -0.39 is 17.8 Å². The van der Waals surface area contributed by atoms with Crippen molar-refractivity contribution in [1.29, 1.82) is 0 Å². The Morgan fingerprint density at radius 3 is 2.76 bits per heavy atom. The predicted octanol–water partition coefficient (Wildman–Crippen LogP) is 5.65. The molecule has 45 heavy (non-hydrogen) atoms. The number of aromatic nitrogens is 2. The summed E-state index contributed by atoms with van der Waals surface area (Å²) in [5.74, 6) is -1.01. The molecule has 1 amide bonds. The SMILES string of the molecule is CCC1CC(=Nc2cc(-c3ccc(F)c(NC(=O)c4cc5c(s4)CC(C)(C)C5O)c3C)nn(C)c2=O)C=C(C2CCCN2)N1C. The third-order valence-electron chi connectivity index (χ3n) is 9.56. The molecule has 0 saturated carbocycles. The van der Waals surface area contributed by atoms with Gasteiger partial charge in [-0.1, -0.05) is 20.8 Å². The van der Waals surface area contributed by atoms with Crippen LogP contribution < -0.4 is 16.2 Å². The van der Waals surface area contributed by atoms with Crippen LogP contribution in [0.5, 0.6) is 0 Å². The first-order valence-electron chi connectivity index (χ1n) is 15.6. The van der Waals surface area contributed by atoms with Crippen molar-refractivity contribution in [2.24, 2.45) is 17.5 Å². The number of aryl methyl sites for hydroxylation is 1. The molecule has 0 bridgehead atoms. The van der Waals surface area contributed by atoms with E-state index in [9.17, 15) is 14.7 Å². The molecule has 3 aromatic rings. The molecule has 1 aliphatic carbocycles. The molecule has 3 unspecified atom stereocenters. The molecule has 1 saturated heterocycles. The number of carbonyl (C=O) groups excluding carboxylic acids is 1. The third kappa shape index (κ3) is 5.77. The van der Waals surface area contributed by atoms with Gasteiger partial charge in [0.25, 0.3) is 11.5 Å². The van der Waals surface area contributed by atoms with E-state index in [4.69, 9.17) is 4.99 Å². The maximum Gasteiger partial charge on any atom is 0.292 e. The average Bonchev–Trinajstić information content (AvgIpc) is 3.72. The zero-order valence-electron chi connectivity index (χ0n) is 26.7. The van der Waals surface area contributed by atoms with Crippen molar-refractivity contribution in [3.05, 3.63) is 73.1 Å². The number of likely N-dealkylation sites (N-methyl/N-ethyl adjacent to an activating group) is 1. The molecule has 3 N–H and O–H groups in total. The standard InChI is InChI=1S/C34H41FN6O3S/c1-7-20-13-19(14-27(40(20)5)24-9-8-12-36-24)37-26-16-25(39-41(6)33(26)44)21-10-11-23(35)30(18(21)2)38-32(43)28-15-22-29(45-28)17-34(3,4)31(22)42/h10-11,14-16,20,24,31,36,42H,7-9,12-13,17H2,1-6H3,(H,38,43). The molecule has 1 fully saturated rings. The van der Waals surface area contributed by atoms with Gasteiger partial charge in [-0.15, -0.1) is 11.3 Å². The summed E-state index contributed by atoms with van der Waals surface area (Å²) in [5, 5.41) is 21.5. The van der Waals surface area contributed by atoms with Gasteiger partial charge in [-0.3, -0.25) is 9.59 Å². The molecule has 11 heteroatoms. The van der Waals surface area contributed by atoms with Crippen molar-refractivity contribution >= 4 is 34.3 Å². The van der Waals surface area contributed by atoms with Gasteiger partial charge in [0.1, 0.15) is 11.5 Å². The highest BCUT2D eigenvalue weighted by molar-refractivity contribution is 7.14. The van der Waals surface area contributed by atoms with E-state index in [0.717, 1.165) is 48.4 Å². The van der Waals surface area contributed by atoms with Gasteiger partial charge < -0.3 is 20.6 Å². The van der Waals surface area contributed by atoms with Gasteiger partial charge in [0.2, 0.25) is 0 Å². The Kier molecular flexibility index (Phi) is 8.30. The quantitative estimate of drug-likeness (QED) is 0.324. The lowest BCUT2D eigenvalue weighted by Gasteiger charge is -2.38. The number of nitrogens with zero attached hydrogens (tertiary/aromatic N) is 4. The van der Waals surface area contributed by atoms with Crippen molar-refractivity contribution in [1.82, 2.24) is 20.0 Å². The van der Waals surface area contributed by atoms with E-state index >= 15 is 4.39 Å². The van der Waals surface area contributed by atoms with Gasteiger partial charge in [0.15, 0.2) is 0 Å². The molecule has 238 valence electrons. The number of fused-ring (bicyclic) bond motifs is 1. The van der Waals surface area contributed by atoms with Gasteiger partial charge in [0.05, 0.1) is 22.4 Å². The second kappa shape index (κ2) is 11.9. The van der Waals surface area contributed by atoms with Gasteiger partial charge in [-0.05, 0) is 86.0 Å². The summed E-state index contributed by atoms with van der Waals surface area (Å²) in [5.41, 5.74) is 4.02. The molecule has 2 aliphatic heterocycles. The number of nitrogens with one attached hydrogen (secondary N) is 2. The highest BCUT2D eigenvalue weighted by Crippen LogP contribution is 2.48. The lowest BCUT2D eigenvalue weighted by Crippen LogP contribution is -2.43. The first-order chi connectivity index (χ1) is 21.4. The minimum absolute atomic E-state index is 0.0493. The van der Waals surface area contributed by atoms with Crippen molar-refractivity contribution < 1.29 is 14.3 Å². The molecular weight excluding hydrogens is 591 g/mol. The number of hydrogen-bond acceptors (Lipinski definition) is 8. The van der Waals surface area contributed by atoms with Gasteiger partial charge in [-0.25, -0.2) is 14.1 Å². The maximum atomic E-state index is 15.2. The summed E-state index contributed by atoms with van der Waals surface area (Å²) < 4.78 is 16.4. The highest BCUT2D eigenvalue weighted by atomic mass is 32.1. The summed E-state index contributed by atoms with van der Waals surface area (Å²) in [6.07, 6.45) is 6.00. The number of halogens is 1. The number of benzene rings is 1. The fraction of sp³-hybridized carbons (Fsp3) is 0.471. The smallest absolute Gasteiger partial charge is 0.292 e. The fourth-order valence-corrected chi connectivity index (χ4v) is 8.13. The number of rotatable bonds is 6. The molecule has 2 aromatic heterocycles. The molecule has 3 aliphatic rings. The van der Waals surface area contributed by atoms with Crippen molar-refractivity contribution in [2.75, 3.05) is 18.9 Å². The van der Waals surface area contributed by atoms with Crippen LogP contribution in [0.3, 0.4) is 0 Å². The molecule has 9 nitrogen and oxygen atoms in total. The van der Waals surface area contributed by atoms with Crippen molar-refractivity contribution in [2.45, 2.75) is 78.0 Å². The summed E-state index contributed by atoms with van der Waals surface area (Å²) >= 11 is 1.33. The third-order valence-corrected chi connectivity index (χ3v) is 10.7. The van der Waals surface area contributed by atoms with Crippen molar-refractivity contribution in [3.63, 3.8) is 0 Å². The zero-order valence-corrected chi connectivity index (χ0v) is 27.5. The molecule has 0 spiro atoms. The average molecular weight is 633 g/mol. The summed E-state index contributed by atoms with van der Waals surface area (Å²) in [4.78, 5) is 35.1. The van der Waals surface area contributed by atoms with E-state index in [2.05, 4.69) is 40.7 Å². The van der Waals surface area contributed by atoms with Crippen LogP contribution in [0.4, 0.5) is 15.8 Å². The lowest BCUT2D eigenvalue weighted by atomic mass is 9.88. The van der Waals surface area contributed by atoms with E-state index in [1.54, 1.807) is 32.2 Å². The maximum absolute atomic E-state index is 15.2. The highest BCUT2D eigenvalue weighted by Gasteiger charge is 2.40. The van der Waals surface area contributed by atoms with Crippen LogP contribution in [-0.4, -0.2) is 57.1 Å². The van der Waals surface area contributed by atoms with Crippen LogP contribution in [0.1, 0.15) is 78.2 Å². The number of anilines is 1. The Hall–Kier alpha value is -3.67. The Morgan fingerprint density at radius 1 is 1.29 bits per heavy atom. The largest absolute Gasteiger partial charge is 0.388 e. The van der Waals surface area contributed by atoms with E-state index in [0.29, 0.717) is 28.1 Å². The second-order valence-electron chi connectivity index (χ2n) is 13.1. The topological polar surface area (TPSA) is 112 Å². The fourth-order valence-electron chi connectivity index (χ4n) is 6.80. The normalized spacial score (nSPS) is 23.4. The van der Waals surface area contributed by atoms with E-state index in [1.807, 2.05) is 13.8 Å². The summed E-state index contributed by atoms with van der Waals surface area (Å²) in [6, 6.07) is 6.81. The van der Waals surface area contributed by atoms with Crippen molar-refractivity contribution in [3.8, 4) is 11.3 Å². The zero-order chi connectivity index (χ0) is 32.2. The number of allylic oxidation sites excluding steroid dienone is 1. The minimum Gasteiger partial charge on any atom is -0.388 e. The number of carbonyl (C=O) groups is 1. The summed E-state index contributed by atoms with van der Waals surface area (Å²) in [7, 11) is 3.71. The Bertz CT molecular complexity index is 1780. The van der Waals surface area contributed by atoms with Crippen LogP contribution in [0, 0.1) is 18.2 Å². The van der Waals surface area contributed by atoms with Crippen LogP contribution in [0.2, 0.25) is 0 Å². The minimum atomic E-state index is -0.649. The number of aliphatic hydroxyl groups is 1. The molecule has 4 heterocycles. The van der Waals surface area contributed by atoms with Gasteiger partial charge in [0, 0.05) is 54.4 Å². The van der Waals surface area contributed by atoms with Gasteiger partial charge >= 0.3 is 0 Å². The molecule has 3 atom stereocenters. The Labute approximate surface area is 266 Å². The van der Waals surface area contributed by atoms with Crippen LogP contribution in [0.25, 0.3) is 11.3 Å². The predicted molar refractivity (Wildman–Crippen MR) is 177 cm³/mol. The summed E-state index contributed by atoms with van der Waals surface area (Å²) in [6.45, 7) is 8.87. The number of aliphatic hydroxyl groups excluding tert-OH is 1. The Morgan fingerprint density at radius 2 is 2.07 bits per heavy atom. The van der Waals surface area contributed by atoms with Crippen LogP contribution in [0.15, 0.2) is 45.8 Å². The number of amides is 1. The van der Waals surface area contributed by atoms with Crippen LogP contribution >= 0.6 is 11.3 Å². The monoisotopic (exact) mass is 632 g/mol. The lowest BCUT2D eigenvalue weighted by molar-refractivity contribution is 0.0665. The van der Waals surface area contributed by atoms with E-state index in [-0.39, 0.29) is 34.4 Å². The molecular formula is C34H41FN6O3S. The molecule has 0 radical (unpaired) electrons. The first-order valence-corrected chi connectivity index (χ1v) is 16.4. The van der Waals surface area contributed by atoms with Gasteiger partial charge in [-0.2, -0.15) is 5.10 Å². The first kappa shape index (κ1) is 31.3. The number of aliphatic imine (C=N–C) groups is 1. The van der Waals surface area contributed by atoms with E-state index in [1.165, 1.54) is 27.8 Å². The molecule has 1 aromatic carbocycles.